The highest BCUT2D eigenvalue weighted by atomic mass is 35.5. The van der Waals surface area contributed by atoms with E-state index < -0.39 is 0 Å². The van der Waals surface area contributed by atoms with Crippen LogP contribution in [0.15, 0.2) is 24.3 Å². The van der Waals surface area contributed by atoms with Crippen LogP contribution in [-0.4, -0.2) is 17.8 Å². The monoisotopic (exact) mass is 201 g/mol. The zero-order valence-corrected chi connectivity index (χ0v) is 8.55. The predicted octanol–water partition coefficient (Wildman–Crippen LogP) is 1.28. The topological polar surface area (TPSA) is 46.2 Å². The van der Waals surface area contributed by atoms with Gasteiger partial charge in [-0.3, -0.25) is 0 Å². The van der Waals surface area contributed by atoms with E-state index in [9.17, 15) is 0 Å². The number of aliphatic hydroxyl groups is 1. The number of hydrogen-bond acceptors (Lipinski definition) is 2. The molecule has 0 aliphatic carbocycles. The van der Waals surface area contributed by atoms with Crippen molar-refractivity contribution in [2.24, 2.45) is 5.73 Å². The third-order valence-corrected chi connectivity index (χ3v) is 1.85. The van der Waals surface area contributed by atoms with Crippen molar-refractivity contribution < 1.29 is 5.11 Å². The van der Waals surface area contributed by atoms with Crippen molar-refractivity contribution in [1.29, 1.82) is 0 Å². The lowest BCUT2D eigenvalue weighted by atomic mass is 10.1. The van der Waals surface area contributed by atoms with E-state index in [0.717, 1.165) is 6.42 Å². The largest absolute Gasteiger partial charge is 0.395 e. The van der Waals surface area contributed by atoms with Crippen molar-refractivity contribution in [3.8, 4) is 0 Å². The van der Waals surface area contributed by atoms with Crippen molar-refractivity contribution in [2.45, 2.75) is 19.4 Å². The molecule has 13 heavy (non-hydrogen) atoms. The molecule has 2 nitrogen and oxygen atoms in total. The Balaban J connectivity index is 0.00000144. The van der Waals surface area contributed by atoms with Crippen LogP contribution in [0.25, 0.3) is 0 Å². The second-order valence-electron chi connectivity index (χ2n) is 3.13. The molecule has 0 aliphatic rings. The van der Waals surface area contributed by atoms with Gasteiger partial charge in [-0.15, -0.1) is 12.4 Å². The molecule has 0 spiro atoms. The number of aryl methyl sites for hydroxylation is 1. The Bertz CT molecular complexity index is 235. The van der Waals surface area contributed by atoms with Gasteiger partial charge in [0.1, 0.15) is 0 Å². The summed E-state index contributed by atoms with van der Waals surface area (Å²) in [4.78, 5) is 0. The number of nitrogens with two attached hydrogens (primary N) is 1. The minimum atomic E-state index is -0.132. The van der Waals surface area contributed by atoms with Crippen LogP contribution in [0.5, 0.6) is 0 Å². The Morgan fingerprint density at radius 3 is 2.31 bits per heavy atom. The average molecular weight is 202 g/mol. The lowest BCUT2D eigenvalue weighted by Crippen LogP contribution is -2.26. The molecule has 1 aromatic carbocycles. The standard InChI is InChI=1S/C10H15NO.ClH/c1-8-2-4-9(5-3-8)6-10(11)7-12;/h2-5,10,12H,6-7,11H2,1H3;1H. The second-order valence-corrected chi connectivity index (χ2v) is 3.13. The van der Waals surface area contributed by atoms with Crippen LogP contribution in [0.1, 0.15) is 11.1 Å². The summed E-state index contributed by atoms with van der Waals surface area (Å²) in [7, 11) is 0. The molecule has 0 heterocycles. The molecule has 0 aliphatic heterocycles. The molecular formula is C10H16ClNO. The third kappa shape index (κ3) is 4.27. The van der Waals surface area contributed by atoms with Gasteiger partial charge in [-0.2, -0.15) is 0 Å². The van der Waals surface area contributed by atoms with E-state index in [2.05, 4.69) is 19.1 Å². The smallest absolute Gasteiger partial charge is 0.0585 e. The Hall–Kier alpha value is -0.570. The SMILES string of the molecule is Cc1ccc(CC(N)CO)cc1.Cl. The van der Waals surface area contributed by atoms with Crippen molar-refractivity contribution in [2.75, 3.05) is 6.61 Å². The van der Waals surface area contributed by atoms with E-state index in [0.29, 0.717) is 0 Å². The molecule has 1 aromatic rings. The molecule has 0 bridgehead atoms. The first-order chi connectivity index (χ1) is 5.72. The maximum atomic E-state index is 8.73. The summed E-state index contributed by atoms with van der Waals surface area (Å²) in [6, 6.07) is 8.07. The molecule has 1 unspecified atom stereocenters. The van der Waals surface area contributed by atoms with Gasteiger partial charge in [-0.05, 0) is 18.9 Å². The van der Waals surface area contributed by atoms with E-state index in [1.165, 1.54) is 11.1 Å². The lowest BCUT2D eigenvalue weighted by Gasteiger charge is -2.07. The highest BCUT2D eigenvalue weighted by Gasteiger charge is 2.00. The summed E-state index contributed by atoms with van der Waals surface area (Å²) >= 11 is 0. The Morgan fingerprint density at radius 2 is 1.85 bits per heavy atom. The van der Waals surface area contributed by atoms with E-state index in [4.69, 9.17) is 10.8 Å². The molecule has 1 rings (SSSR count). The molecule has 0 saturated heterocycles. The normalized spacial score (nSPS) is 11.9. The van der Waals surface area contributed by atoms with Crippen molar-refractivity contribution in [1.82, 2.24) is 0 Å². The summed E-state index contributed by atoms with van der Waals surface area (Å²) < 4.78 is 0. The van der Waals surface area contributed by atoms with Gasteiger partial charge in [0, 0.05) is 6.04 Å². The van der Waals surface area contributed by atoms with E-state index in [-0.39, 0.29) is 25.1 Å². The molecule has 0 radical (unpaired) electrons. The summed E-state index contributed by atoms with van der Waals surface area (Å²) in [5.41, 5.74) is 8.02. The molecule has 0 amide bonds. The van der Waals surface area contributed by atoms with Gasteiger partial charge in [-0.25, -0.2) is 0 Å². The van der Waals surface area contributed by atoms with E-state index >= 15 is 0 Å². The predicted molar refractivity (Wildman–Crippen MR) is 57.2 cm³/mol. The van der Waals surface area contributed by atoms with Gasteiger partial charge >= 0.3 is 0 Å². The molecule has 0 saturated carbocycles. The Labute approximate surface area is 85.2 Å². The second kappa shape index (κ2) is 5.97. The summed E-state index contributed by atoms with van der Waals surface area (Å²) in [6.45, 7) is 2.10. The Morgan fingerprint density at radius 1 is 1.31 bits per heavy atom. The number of aliphatic hydroxyl groups excluding tert-OH is 1. The molecule has 1 atom stereocenters. The van der Waals surface area contributed by atoms with Gasteiger partial charge in [0.05, 0.1) is 6.61 Å². The van der Waals surface area contributed by atoms with E-state index in [1.807, 2.05) is 12.1 Å². The fourth-order valence-corrected chi connectivity index (χ4v) is 1.09. The summed E-state index contributed by atoms with van der Waals surface area (Å²) in [6.07, 6.45) is 0.747. The first kappa shape index (κ1) is 12.4. The van der Waals surface area contributed by atoms with Crippen molar-refractivity contribution in [3.05, 3.63) is 35.4 Å². The molecule has 0 fully saturated rings. The minimum absolute atomic E-state index is 0. The van der Waals surface area contributed by atoms with Gasteiger partial charge in [-0.1, -0.05) is 29.8 Å². The highest BCUT2D eigenvalue weighted by Crippen LogP contribution is 2.04. The highest BCUT2D eigenvalue weighted by molar-refractivity contribution is 5.85. The number of rotatable bonds is 3. The van der Waals surface area contributed by atoms with Crippen molar-refractivity contribution in [3.63, 3.8) is 0 Å². The summed E-state index contributed by atoms with van der Waals surface area (Å²) in [5, 5.41) is 8.73. The number of benzene rings is 1. The van der Waals surface area contributed by atoms with Crippen LogP contribution in [-0.2, 0) is 6.42 Å². The summed E-state index contributed by atoms with van der Waals surface area (Å²) in [5.74, 6) is 0. The van der Waals surface area contributed by atoms with E-state index in [1.54, 1.807) is 0 Å². The van der Waals surface area contributed by atoms with Crippen LogP contribution in [0.3, 0.4) is 0 Å². The fourth-order valence-electron chi connectivity index (χ4n) is 1.09. The quantitative estimate of drug-likeness (QED) is 0.774. The molecule has 3 heteroatoms. The zero-order valence-electron chi connectivity index (χ0n) is 7.73. The van der Waals surface area contributed by atoms with Gasteiger partial charge in [0.25, 0.3) is 0 Å². The van der Waals surface area contributed by atoms with Gasteiger partial charge < -0.3 is 10.8 Å². The zero-order chi connectivity index (χ0) is 8.97. The molecule has 0 aromatic heterocycles. The van der Waals surface area contributed by atoms with Crippen LogP contribution in [0, 0.1) is 6.92 Å². The number of hydrogen-bond donors (Lipinski definition) is 2. The number of halogens is 1. The first-order valence-electron chi connectivity index (χ1n) is 4.14. The molecule has 74 valence electrons. The fraction of sp³-hybridized carbons (Fsp3) is 0.400. The lowest BCUT2D eigenvalue weighted by molar-refractivity contribution is 0.265. The average Bonchev–Trinajstić information content (AvgIpc) is 2.09. The van der Waals surface area contributed by atoms with Crippen LogP contribution >= 0.6 is 12.4 Å². The van der Waals surface area contributed by atoms with Crippen LogP contribution in [0.2, 0.25) is 0 Å². The molecular weight excluding hydrogens is 186 g/mol. The van der Waals surface area contributed by atoms with Gasteiger partial charge in [0.2, 0.25) is 0 Å². The van der Waals surface area contributed by atoms with Crippen molar-refractivity contribution >= 4 is 12.4 Å². The molecule has 3 N–H and O–H groups in total. The third-order valence-electron chi connectivity index (χ3n) is 1.85. The maximum Gasteiger partial charge on any atom is 0.0585 e. The first-order valence-corrected chi connectivity index (χ1v) is 4.14. The minimum Gasteiger partial charge on any atom is -0.395 e. The maximum absolute atomic E-state index is 8.73. The van der Waals surface area contributed by atoms with Crippen LogP contribution < -0.4 is 5.73 Å². The van der Waals surface area contributed by atoms with Crippen LogP contribution in [0.4, 0.5) is 0 Å². The van der Waals surface area contributed by atoms with Gasteiger partial charge in [0.15, 0.2) is 0 Å². The Kier molecular flexibility index (Phi) is 5.71.